The fourth-order valence-corrected chi connectivity index (χ4v) is 2.16. The SMILES string of the molecule is Cc1ccc(C(=O)NCc2cc(COc3ccccc3)no2)cc1. The molecule has 1 N–H and O–H groups in total. The summed E-state index contributed by atoms with van der Waals surface area (Å²) in [5.41, 5.74) is 2.41. The second-order valence-electron chi connectivity index (χ2n) is 5.43. The van der Waals surface area contributed by atoms with Crippen LogP contribution in [0.1, 0.15) is 27.4 Å². The van der Waals surface area contributed by atoms with E-state index in [2.05, 4.69) is 10.5 Å². The summed E-state index contributed by atoms with van der Waals surface area (Å²) in [6.45, 7) is 2.58. The fraction of sp³-hybridized carbons (Fsp3) is 0.158. The maximum atomic E-state index is 12.0. The van der Waals surface area contributed by atoms with Gasteiger partial charge in [0.05, 0.1) is 6.54 Å². The first-order valence-corrected chi connectivity index (χ1v) is 7.68. The zero-order valence-corrected chi connectivity index (χ0v) is 13.4. The molecule has 2 aromatic carbocycles. The van der Waals surface area contributed by atoms with Crippen molar-refractivity contribution in [1.82, 2.24) is 10.5 Å². The van der Waals surface area contributed by atoms with Gasteiger partial charge in [0.1, 0.15) is 18.1 Å². The van der Waals surface area contributed by atoms with Gasteiger partial charge < -0.3 is 14.6 Å². The quantitative estimate of drug-likeness (QED) is 0.754. The molecule has 0 spiro atoms. The third-order valence-electron chi connectivity index (χ3n) is 3.47. The second-order valence-corrected chi connectivity index (χ2v) is 5.43. The number of para-hydroxylation sites is 1. The largest absolute Gasteiger partial charge is 0.487 e. The van der Waals surface area contributed by atoms with Crippen LogP contribution in [0.2, 0.25) is 0 Å². The average molecular weight is 322 g/mol. The van der Waals surface area contributed by atoms with E-state index in [1.54, 1.807) is 18.2 Å². The van der Waals surface area contributed by atoms with E-state index in [9.17, 15) is 4.79 Å². The van der Waals surface area contributed by atoms with Gasteiger partial charge in [-0.25, -0.2) is 0 Å². The zero-order chi connectivity index (χ0) is 16.8. The van der Waals surface area contributed by atoms with Crippen LogP contribution in [0.15, 0.2) is 65.2 Å². The van der Waals surface area contributed by atoms with Gasteiger partial charge in [-0.2, -0.15) is 0 Å². The molecule has 24 heavy (non-hydrogen) atoms. The zero-order valence-electron chi connectivity index (χ0n) is 13.4. The van der Waals surface area contributed by atoms with Crippen LogP contribution in [0.25, 0.3) is 0 Å². The molecular formula is C19H18N2O3. The third-order valence-corrected chi connectivity index (χ3v) is 3.47. The monoisotopic (exact) mass is 322 g/mol. The maximum Gasteiger partial charge on any atom is 0.251 e. The lowest BCUT2D eigenvalue weighted by Crippen LogP contribution is -2.22. The van der Waals surface area contributed by atoms with Crippen LogP contribution < -0.4 is 10.1 Å². The summed E-state index contributed by atoms with van der Waals surface area (Å²) in [5.74, 6) is 1.21. The number of ether oxygens (including phenoxy) is 1. The highest BCUT2D eigenvalue weighted by Gasteiger charge is 2.08. The molecule has 5 heteroatoms. The van der Waals surface area contributed by atoms with Crippen LogP contribution in [0.5, 0.6) is 5.75 Å². The smallest absolute Gasteiger partial charge is 0.251 e. The van der Waals surface area contributed by atoms with Crippen LogP contribution in [-0.2, 0) is 13.2 Å². The minimum Gasteiger partial charge on any atom is -0.487 e. The molecule has 5 nitrogen and oxygen atoms in total. The summed E-state index contributed by atoms with van der Waals surface area (Å²) in [6.07, 6.45) is 0. The van der Waals surface area contributed by atoms with Gasteiger partial charge in [0.25, 0.3) is 5.91 Å². The van der Waals surface area contributed by atoms with Crippen LogP contribution in [0, 0.1) is 6.92 Å². The number of nitrogens with zero attached hydrogens (tertiary/aromatic N) is 1. The van der Waals surface area contributed by atoms with E-state index in [4.69, 9.17) is 9.26 Å². The molecule has 122 valence electrons. The molecule has 1 amide bonds. The molecule has 1 aromatic heterocycles. The first-order valence-electron chi connectivity index (χ1n) is 7.68. The Bertz CT molecular complexity index is 795. The van der Waals surface area contributed by atoms with E-state index in [0.29, 0.717) is 23.6 Å². The number of aryl methyl sites for hydroxylation is 1. The first-order chi connectivity index (χ1) is 11.7. The number of carbonyl (C=O) groups is 1. The molecule has 0 aliphatic carbocycles. The highest BCUT2D eigenvalue weighted by Crippen LogP contribution is 2.12. The fourth-order valence-electron chi connectivity index (χ4n) is 2.16. The molecule has 0 unspecified atom stereocenters. The van der Waals surface area contributed by atoms with Crippen molar-refractivity contribution >= 4 is 5.91 Å². The number of aromatic nitrogens is 1. The predicted octanol–water partition coefficient (Wildman–Crippen LogP) is 3.49. The van der Waals surface area contributed by atoms with Gasteiger partial charge in [-0.15, -0.1) is 0 Å². The van der Waals surface area contributed by atoms with Crippen LogP contribution in [0.3, 0.4) is 0 Å². The van der Waals surface area contributed by atoms with Gasteiger partial charge in [0, 0.05) is 11.6 Å². The molecule has 0 saturated carbocycles. The van der Waals surface area contributed by atoms with Crippen molar-refractivity contribution in [3.8, 4) is 5.75 Å². The van der Waals surface area contributed by atoms with Crippen LogP contribution >= 0.6 is 0 Å². The van der Waals surface area contributed by atoms with Gasteiger partial charge >= 0.3 is 0 Å². The Morgan fingerprint density at radius 2 is 1.88 bits per heavy atom. The Hall–Kier alpha value is -3.08. The minimum absolute atomic E-state index is 0.145. The number of rotatable bonds is 6. The topological polar surface area (TPSA) is 64.4 Å². The van der Waals surface area contributed by atoms with E-state index in [-0.39, 0.29) is 12.5 Å². The lowest BCUT2D eigenvalue weighted by atomic mass is 10.1. The summed E-state index contributed by atoms with van der Waals surface area (Å²) < 4.78 is 10.8. The maximum absolute atomic E-state index is 12.0. The second kappa shape index (κ2) is 7.46. The van der Waals surface area contributed by atoms with Gasteiger partial charge in [-0.3, -0.25) is 4.79 Å². The third kappa shape index (κ3) is 4.23. The Morgan fingerprint density at radius 3 is 2.62 bits per heavy atom. The predicted molar refractivity (Wildman–Crippen MR) is 89.6 cm³/mol. The van der Waals surface area contributed by atoms with Crippen LogP contribution in [0.4, 0.5) is 0 Å². The molecule has 3 aromatic rings. The van der Waals surface area contributed by atoms with Crippen molar-refractivity contribution in [2.75, 3.05) is 0 Å². The normalized spacial score (nSPS) is 10.4. The van der Waals surface area contributed by atoms with E-state index in [1.807, 2.05) is 49.4 Å². The van der Waals surface area contributed by atoms with E-state index >= 15 is 0 Å². The van der Waals surface area contributed by atoms with E-state index in [1.165, 1.54) is 0 Å². The number of amides is 1. The molecule has 0 aliphatic heterocycles. The van der Waals surface area contributed by atoms with Gasteiger partial charge in [0.2, 0.25) is 0 Å². The highest BCUT2D eigenvalue weighted by atomic mass is 16.5. The summed E-state index contributed by atoms with van der Waals surface area (Å²) in [5, 5.41) is 6.75. The molecule has 3 rings (SSSR count). The molecule has 0 bridgehead atoms. The van der Waals surface area contributed by atoms with Gasteiger partial charge in [-0.1, -0.05) is 41.1 Å². The summed E-state index contributed by atoms with van der Waals surface area (Å²) in [7, 11) is 0. The first kappa shape index (κ1) is 15.8. The van der Waals surface area contributed by atoms with Crippen molar-refractivity contribution in [1.29, 1.82) is 0 Å². The Labute approximate surface area is 140 Å². The number of nitrogens with one attached hydrogen (secondary N) is 1. The van der Waals surface area contributed by atoms with Crippen molar-refractivity contribution in [3.63, 3.8) is 0 Å². The summed E-state index contributed by atoms with van der Waals surface area (Å²) in [6, 6.07) is 18.7. The Balaban J connectivity index is 1.50. The number of hydrogen-bond donors (Lipinski definition) is 1. The lowest BCUT2D eigenvalue weighted by Gasteiger charge is -2.03. The van der Waals surface area contributed by atoms with E-state index in [0.717, 1.165) is 11.3 Å². The molecule has 1 heterocycles. The van der Waals surface area contributed by atoms with Crippen LogP contribution in [-0.4, -0.2) is 11.1 Å². The van der Waals surface area contributed by atoms with Crippen molar-refractivity contribution in [2.45, 2.75) is 20.1 Å². The molecule has 0 atom stereocenters. The molecule has 0 aliphatic rings. The average Bonchev–Trinajstić information content (AvgIpc) is 3.07. The van der Waals surface area contributed by atoms with Crippen molar-refractivity contribution < 1.29 is 14.1 Å². The Kier molecular flexibility index (Phi) is 4.91. The molecule has 0 fully saturated rings. The molecular weight excluding hydrogens is 304 g/mol. The number of carbonyl (C=O) groups excluding carboxylic acids is 1. The lowest BCUT2D eigenvalue weighted by molar-refractivity contribution is 0.0947. The number of benzene rings is 2. The molecule has 0 radical (unpaired) electrons. The standard InChI is InChI=1S/C19H18N2O3/c1-14-7-9-15(10-8-14)19(22)20-12-18-11-16(21-24-18)13-23-17-5-3-2-4-6-17/h2-11H,12-13H2,1H3,(H,20,22). The van der Waals surface area contributed by atoms with E-state index < -0.39 is 0 Å². The highest BCUT2D eigenvalue weighted by molar-refractivity contribution is 5.94. The molecule has 0 saturated heterocycles. The summed E-state index contributed by atoms with van der Waals surface area (Å²) in [4.78, 5) is 12.0. The van der Waals surface area contributed by atoms with Crippen molar-refractivity contribution in [3.05, 3.63) is 83.2 Å². The van der Waals surface area contributed by atoms with Gasteiger partial charge in [0.15, 0.2) is 5.76 Å². The van der Waals surface area contributed by atoms with Gasteiger partial charge in [-0.05, 0) is 31.2 Å². The summed E-state index contributed by atoms with van der Waals surface area (Å²) >= 11 is 0. The van der Waals surface area contributed by atoms with Crippen molar-refractivity contribution in [2.24, 2.45) is 0 Å². The Morgan fingerprint density at radius 1 is 1.12 bits per heavy atom. The number of hydrogen-bond acceptors (Lipinski definition) is 4. The minimum atomic E-state index is -0.145.